The average molecular weight is 294 g/mol. The van der Waals surface area contributed by atoms with Crippen molar-refractivity contribution < 1.29 is 9.90 Å². The van der Waals surface area contributed by atoms with Gasteiger partial charge in [0.15, 0.2) is 0 Å². The van der Waals surface area contributed by atoms with Gasteiger partial charge in [0.25, 0.3) is 0 Å². The minimum atomic E-state index is 0.0562. The standard InChI is InChI=1S/C12H24BrNO2/c1-3-11(4-2)14(9-10-15)12(16)7-5-6-8-13/h11,15H,3-10H2,1-2H3. The molecule has 1 N–H and O–H groups in total. The smallest absolute Gasteiger partial charge is 0.222 e. The van der Waals surface area contributed by atoms with E-state index in [1.54, 1.807) is 0 Å². The van der Waals surface area contributed by atoms with Gasteiger partial charge in [-0.3, -0.25) is 4.79 Å². The van der Waals surface area contributed by atoms with Gasteiger partial charge in [0.2, 0.25) is 5.91 Å². The first-order valence-corrected chi connectivity index (χ1v) is 7.29. The molecule has 0 saturated carbocycles. The second-order valence-corrected chi connectivity index (χ2v) is 4.72. The van der Waals surface area contributed by atoms with Crippen molar-refractivity contribution in [3.05, 3.63) is 0 Å². The number of nitrogens with zero attached hydrogens (tertiary/aromatic N) is 1. The fourth-order valence-corrected chi connectivity index (χ4v) is 2.26. The molecule has 0 aromatic rings. The Kier molecular flexibility index (Phi) is 10.0. The molecule has 0 rings (SSSR count). The summed E-state index contributed by atoms with van der Waals surface area (Å²) in [6.07, 6.45) is 4.47. The summed E-state index contributed by atoms with van der Waals surface area (Å²) in [7, 11) is 0. The van der Waals surface area contributed by atoms with Gasteiger partial charge < -0.3 is 10.0 Å². The molecule has 0 aliphatic heterocycles. The Morgan fingerprint density at radius 2 is 1.94 bits per heavy atom. The Hall–Kier alpha value is -0.0900. The van der Waals surface area contributed by atoms with Crippen molar-refractivity contribution in [1.82, 2.24) is 4.90 Å². The average Bonchev–Trinajstić information content (AvgIpc) is 2.29. The lowest BCUT2D eigenvalue weighted by Gasteiger charge is -2.30. The van der Waals surface area contributed by atoms with Crippen LogP contribution in [0, 0.1) is 0 Å². The van der Waals surface area contributed by atoms with E-state index >= 15 is 0 Å². The normalized spacial score (nSPS) is 10.8. The van der Waals surface area contributed by atoms with Crippen molar-refractivity contribution in [3.8, 4) is 0 Å². The summed E-state index contributed by atoms with van der Waals surface area (Å²) in [6, 6.07) is 0.281. The molecule has 0 aromatic heterocycles. The minimum absolute atomic E-state index is 0.0562. The van der Waals surface area contributed by atoms with Crippen LogP contribution >= 0.6 is 15.9 Å². The van der Waals surface area contributed by atoms with E-state index in [1.165, 1.54) is 0 Å². The molecule has 0 unspecified atom stereocenters. The quantitative estimate of drug-likeness (QED) is 0.524. The highest BCUT2D eigenvalue weighted by molar-refractivity contribution is 9.09. The van der Waals surface area contributed by atoms with Gasteiger partial charge in [-0.05, 0) is 25.7 Å². The molecular weight excluding hydrogens is 270 g/mol. The van der Waals surface area contributed by atoms with Crippen molar-refractivity contribution in [2.24, 2.45) is 0 Å². The number of alkyl halides is 1. The van der Waals surface area contributed by atoms with Crippen LogP contribution in [0.5, 0.6) is 0 Å². The number of aliphatic hydroxyl groups is 1. The monoisotopic (exact) mass is 293 g/mol. The van der Waals surface area contributed by atoms with Crippen LogP contribution in [-0.4, -0.2) is 40.4 Å². The molecule has 0 spiro atoms. The number of unbranched alkanes of at least 4 members (excludes halogenated alkanes) is 1. The predicted molar refractivity (Wildman–Crippen MR) is 70.8 cm³/mol. The summed E-state index contributed by atoms with van der Waals surface area (Å²) in [6.45, 7) is 4.70. The summed E-state index contributed by atoms with van der Waals surface area (Å²) >= 11 is 3.36. The van der Waals surface area contributed by atoms with E-state index in [1.807, 2.05) is 4.90 Å². The van der Waals surface area contributed by atoms with Crippen LogP contribution in [0.15, 0.2) is 0 Å². The van der Waals surface area contributed by atoms with Crippen molar-refractivity contribution >= 4 is 21.8 Å². The molecule has 0 saturated heterocycles. The zero-order chi connectivity index (χ0) is 12.4. The first kappa shape index (κ1) is 15.9. The number of amides is 1. The number of aliphatic hydroxyl groups excluding tert-OH is 1. The van der Waals surface area contributed by atoms with Gasteiger partial charge in [0, 0.05) is 24.3 Å². The number of hydrogen-bond acceptors (Lipinski definition) is 2. The molecule has 16 heavy (non-hydrogen) atoms. The highest BCUT2D eigenvalue weighted by Gasteiger charge is 2.19. The lowest BCUT2D eigenvalue weighted by molar-refractivity contribution is -0.134. The molecule has 0 aliphatic carbocycles. The van der Waals surface area contributed by atoms with E-state index in [2.05, 4.69) is 29.8 Å². The van der Waals surface area contributed by atoms with E-state index in [9.17, 15) is 4.79 Å². The molecule has 4 heteroatoms. The zero-order valence-electron chi connectivity index (χ0n) is 10.4. The van der Waals surface area contributed by atoms with Gasteiger partial charge in [-0.25, -0.2) is 0 Å². The van der Waals surface area contributed by atoms with E-state index in [0.29, 0.717) is 13.0 Å². The summed E-state index contributed by atoms with van der Waals surface area (Å²) in [5, 5.41) is 9.95. The molecule has 3 nitrogen and oxygen atoms in total. The molecule has 96 valence electrons. The third kappa shape index (κ3) is 5.85. The van der Waals surface area contributed by atoms with Gasteiger partial charge in [0.05, 0.1) is 6.61 Å². The molecule has 1 amide bonds. The minimum Gasteiger partial charge on any atom is -0.395 e. The van der Waals surface area contributed by atoms with Crippen molar-refractivity contribution in [1.29, 1.82) is 0 Å². The Bertz CT molecular complexity index is 184. The van der Waals surface area contributed by atoms with Gasteiger partial charge in [-0.2, -0.15) is 0 Å². The maximum atomic E-state index is 12.0. The van der Waals surface area contributed by atoms with Crippen molar-refractivity contribution in [2.75, 3.05) is 18.5 Å². The highest BCUT2D eigenvalue weighted by atomic mass is 79.9. The second kappa shape index (κ2) is 10.1. The van der Waals surface area contributed by atoms with Crippen molar-refractivity contribution in [2.45, 2.75) is 52.0 Å². The Balaban J connectivity index is 4.21. The summed E-state index contributed by atoms with van der Waals surface area (Å²) in [5.74, 6) is 0.184. The van der Waals surface area contributed by atoms with Gasteiger partial charge in [0.1, 0.15) is 0 Å². The van der Waals surface area contributed by atoms with E-state index in [0.717, 1.165) is 31.0 Å². The number of carbonyl (C=O) groups excluding carboxylic acids is 1. The van der Waals surface area contributed by atoms with Crippen LogP contribution in [0.3, 0.4) is 0 Å². The Morgan fingerprint density at radius 1 is 1.31 bits per heavy atom. The lowest BCUT2D eigenvalue weighted by atomic mass is 10.1. The zero-order valence-corrected chi connectivity index (χ0v) is 12.0. The maximum Gasteiger partial charge on any atom is 0.222 e. The van der Waals surface area contributed by atoms with E-state index < -0.39 is 0 Å². The van der Waals surface area contributed by atoms with Crippen LogP contribution in [-0.2, 0) is 4.79 Å². The third-order valence-corrected chi connectivity index (χ3v) is 3.38. The van der Waals surface area contributed by atoms with Crippen LogP contribution in [0.25, 0.3) is 0 Å². The SMILES string of the molecule is CCC(CC)N(CCO)C(=O)CCCCBr. The molecule has 0 heterocycles. The molecule has 0 fully saturated rings. The first-order chi connectivity index (χ1) is 7.71. The summed E-state index contributed by atoms with van der Waals surface area (Å²) < 4.78 is 0. The summed E-state index contributed by atoms with van der Waals surface area (Å²) in [4.78, 5) is 13.8. The Morgan fingerprint density at radius 3 is 2.38 bits per heavy atom. The van der Waals surface area contributed by atoms with Gasteiger partial charge in [-0.1, -0.05) is 29.8 Å². The number of carbonyl (C=O) groups is 1. The Labute approximate surface area is 107 Å². The molecule has 0 radical (unpaired) electrons. The van der Waals surface area contributed by atoms with Gasteiger partial charge in [-0.15, -0.1) is 0 Å². The maximum absolute atomic E-state index is 12.0. The fourth-order valence-electron chi connectivity index (χ4n) is 1.86. The largest absolute Gasteiger partial charge is 0.395 e. The topological polar surface area (TPSA) is 40.5 Å². The first-order valence-electron chi connectivity index (χ1n) is 6.17. The molecular formula is C12H24BrNO2. The second-order valence-electron chi connectivity index (χ2n) is 3.93. The predicted octanol–water partition coefficient (Wildman–Crippen LogP) is 2.56. The number of halogens is 1. The van der Waals surface area contributed by atoms with Gasteiger partial charge >= 0.3 is 0 Å². The van der Waals surface area contributed by atoms with Crippen LogP contribution in [0.1, 0.15) is 46.0 Å². The fraction of sp³-hybridized carbons (Fsp3) is 0.917. The molecule has 0 atom stereocenters. The lowest BCUT2D eigenvalue weighted by Crippen LogP contribution is -2.41. The van der Waals surface area contributed by atoms with Crippen LogP contribution in [0.2, 0.25) is 0 Å². The van der Waals surface area contributed by atoms with Crippen LogP contribution in [0.4, 0.5) is 0 Å². The molecule has 0 aliphatic rings. The van der Waals surface area contributed by atoms with Crippen LogP contribution < -0.4 is 0 Å². The number of hydrogen-bond donors (Lipinski definition) is 1. The van der Waals surface area contributed by atoms with E-state index in [-0.39, 0.29) is 18.6 Å². The van der Waals surface area contributed by atoms with Crippen molar-refractivity contribution in [3.63, 3.8) is 0 Å². The highest BCUT2D eigenvalue weighted by Crippen LogP contribution is 2.11. The van der Waals surface area contributed by atoms with E-state index in [4.69, 9.17) is 5.11 Å². The molecule has 0 bridgehead atoms. The molecule has 0 aromatic carbocycles. The third-order valence-electron chi connectivity index (χ3n) is 2.82. The summed E-state index contributed by atoms with van der Waals surface area (Å²) in [5.41, 5.74) is 0. The number of rotatable bonds is 9.